The van der Waals surface area contributed by atoms with Crippen molar-refractivity contribution in [3.8, 4) is 0 Å². The van der Waals surface area contributed by atoms with Gasteiger partial charge in [-0.15, -0.1) is 0 Å². The Labute approximate surface area is 99.1 Å². The zero-order valence-corrected chi connectivity index (χ0v) is 10.5. The van der Waals surface area contributed by atoms with Crippen LogP contribution in [0.25, 0.3) is 0 Å². The van der Waals surface area contributed by atoms with E-state index in [0.717, 1.165) is 5.92 Å². The fourth-order valence-corrected chi connectivity index (χ4v) is 4.22. The molecule has 0 radical (unpaired) electrons. The van der Waals surface area contributed by atoms with Gasteiger partial charge < -0.3 is 0 Å². The lowest BCUT2D eigenvalue weighted by Gasteiger charge is -2.31. The van der Waals surface area contributed by atoms with Crippen molar-refractivity contribution in [2.24, 2.45) is 11.3 Å². The molecular formula is C16H22. The molecule has 2 aliphatic carbocycles. The predicted molar refractivity (Wildman–Crippen MR) is 68.5 cm³/mol. The molecule has 1 aromatic rings. The van der Waals surface area contributed by atoms with Gasteiger partial charge in [0, 0.05) is 0 Å². The summed E-state index contributed by atoms with van der Waals surface area (Å²) in [6.45, 7) is 4.85. The molecule has 0 spiro atoms. The molecule has 2 fully saturated rings. The zero-order valence-electron chi connectivity index (χ0n) is 10.5. The normalized spacial score (nSPS) is 37.2. The van der Waals surface area contributed by atoms with Crippen molar-refractivity contribution in [2.75, 3.05) is 0 Å². The smallest absolute Gasteiger partial charge is 0.00412 e. The highest BCUT2D eigenvalue weighted by atomic mass is 14.6. The maximum absolute atomic E-state index is 2.42. The van der Waals surface area contributed by atoms with Gasteiger partial charge in [0.05, 0.1) is 0 Å². The molecule has 2 aliphatic rings. The lowest BCUT2D eigenvalue weighted by molar-refractivity contribution is 0.199. The first kappa shape index (κ1) is 10.4. The molecule has 0 saturated heterocycles. The Balaban J connectivity index is 1.95. The highest BCUT2D eigenvalue weighted by Crippen LogP contribution is 2.64. The van der Waals surface area contributed by atoms with Crippen LogP contribution in [0.1, 0.15) is 51.5 Å². The van der Waals surface area contributed by atoms with E-state index in [1.165, 1.54) is 32.1 Å². The molecule has 1 aromatic carbocycles. The van der Waals surface area contributed by atoms with E-state index >= 15 is 0 Å². The van der Waals surface area contributed by atoms with E-state index in [1.54, 1.807) is 5.56 Å². The van der Waals surface area contributed by atoms with E-state index in [-0.39, 0.29) is 0 Å². The highest BCUT2D eigenvalue weighted by Gasteiger charge is 2.55. The van der Waals surface area contributed by atoms with Crippen LogP contribution in [0.15, 0.2) is 30.3 Å². The molecule has 0 heteroatoms. The molecule has 2 bridgehead atoms. The summed E-state index contributed by atoms with van der Waals surface area (Å²) in [5, 5.41) is 0. The zero-order chi connectivity index (χ0) is 11.2. The molecule has 0 aromatic heterocycles. The Morgan fingerprint density at radius 1 is 0.938 bits per heavy atom. The van der Waals surface area contributed by atoms with Gasteiger partial charge in [0.25, 0.3) is 0 Å². The van der Waals surface area contributed by atoms with Crippen molar-refractivity contribution >= 4 is 0 Å². The summed E-state index contributed by atoms with van der Waals surface area (Å²) in [5.41, 5.74) is 2.83. The van der Waals surface area contributed by atoms with Gasteiger partial charge in [-0.2, -0.15) is 0 Å². The second kappa shape index (κ2) is 3.35. The lowest BCUT2D eigenvalue weighted by Crippen LogP contribution is -2.21. The molecule has 16 heavy (non-hydrogen) atoms. The van der Waals surface area contributed by atoms with Gasteiger partial charge in [-0.05, 0) is 54.4 Å². The van der Waals surface area contributed by atoms with E-state index in [0.29, 0.717) is 10.8 Å². The van der Waals surface area contributed by atoms with Crippen LogP contribution in [-0.2, 0) is 5.41 Å². The Morgan fingerprint density at radius 3 is 2.06 bits per heavy atom. The van der Waals surface area contributed by atoms with Crippen LogP contribution in [0.3, 0.4) is 0 Å². The predicted octanol–water partition coefficient (Wildman–Crippen LogP) is 4.54. The van der Waals surface area contributed by atoms with Crippen LogP contribution in [0, 0.1) is 11.3 Å². The van der Waals surface area contributed by atoms with Gasteiger partial charge in [0.1, 0.15) is 0 Å². The first-order chi connectivity index (χ1) is 7.67. The quantitative estimate of drug-likeness (QED) is 0.677. The van der Waals surface area contributed by atoms with Crippen LogP contribution >= 0.6 is 0 Å². The van der Waals surface area contributed by atoms with Gasteiger partial charge in [0.15, 0.2) is 0 Å². The molecule has 86 valence electrons. The molecule has 0 nitrogen and oxygen atoms in total. The highest BCUT2D eigenvalue weighted by molar-refractivity contribution is 5.30. The SMILES string of the molecule is CC(C)C12CCC(c3ccccc3)(CC1)C2. The fraction of sp³-hybridized carbons (Fsp3) is 0.625. The van der Waals surface area contributed by atoms with Crippen molar-refractivity contribution < 1.29 is 0 Å². The van der Waals surface area contributed by atoms with Crippen molar-refractivity contribution in [1.82, 2.24) is 0 Å². The average molecular weight is 214 g/mol. The lowest BCUT2D eigenvalue weighted by atomic mass is 9.74. The van der Waals surface area contributed by atoms with Gasteiger partial charge in [-0.1, -0.05) is 44.2 Å². The number of hydrogen-bond donors (Lipinski definition) is 0. The van der Waals surface area contributed by atoms with E-state index < -0.39 is 0 Å². The second-order valence-corrected chi connectivity index (χ2v) is 6.34. The summed E-state index contributed by atoms with van der Waals surface area (Å²) in [4.78, 5) is 0. The van der Waals surface area contributed by atoms with E-state index in [2.05, 4.69) is 44.2 Å². The summed E-state index contributed by atoms with van der Waals surface area (Å²) in [6.07, 6.45) is 7.21. The van der Waals surface area contributed by atoms with E-state index in [1.807, 2.05) is 0 Å². The number of fused-ring (bicyclic) bond motifs is 2. The van der Waals surface area contributed by atoms with Crippen molar-refractivity contribution in [1.29, 1.82) is 0 Å². The van der Waals surface area contributed by atoms with Crippen LogP contribution in [0.4, 0.5) is 0 Å². The fourth-order valence-electron chi connectivity index (χ4n) is 4.22. The maximum Gasteiger partial charge on any atom is -0.00412 e. The van der Waals surface area contributed by atoms with E-state index in [4.69, 9.17) is 0 Å². The van der Waals surface area contributed by atoms with Crippen molar-refractivity contribution in [3.63, 3.8) is 0 Å². The molecule has 2 saturated carbocycles. The molecule has 0 atom stereocenters. The third-order valence-corrected chi connectivity index (χ3v) is 5.50. The van der Waals surface area contributed by atoms with Gasteiger partial charge in [-0.3, -0.25) is 0 Å². The summed E-state index contributed by atoms with van der Waals surface area (Å²) in [5.74, 6) is 0.862. The minimum Gasteiger partial charge on any atom is -0.0622 e. The Bertz CT molecular complexity index is 366. The van der Waals surface area contributed by atoms with Crippen molar-refractivity contribution in [3.05, 3.63) is 35.9 Å². The summed E-state index contributed by atoms with van der Waals surface area (Å²) in [6, 6.07) is 11.2. The third-order valence-electron chi connectivity index (χ3n) is 5.50. The summed E-state index contributed by atoms with van der Waals surface area (Å²) >= 11 is 0. The van der Waals surface area contributed by atoms with Crippen molar-refractivity contribution in [2.45, 2.75) is 51.4 Å². The number of hydrogen-bond acceptors (Lipinski definition) is 0. The molecule has 0 aliphatic heterocycles. The topological polar surface area (TPSA) is 0 Å². The molecule has 0 heterocycles. The minimum absolute atomic E-state index is 0.547. The summed E-state index contributed by atoms with van der Waals surface area (Å²) < 4.78 is 0. The first-order valence-corrected chi connectivity index (χ1v) is 6.73. The number of benzene rings is 1. The molecule has 0 amide bonds. The summed E-state index contributed by atoms with van der Waals surface area (Å²) in [7, 11) is 0. The number of rotatable bonds is 2. The van der Waals surface area contributed by atoms with Crippen LogP contribution in [-0.4, -0.2) is 0 Å². The Morgan fingerprint density at radius 2 is 1.56 bits per heavy atom. The molecule has 3 rings (SSSR count). The largest absolute Gasteiger partial charge is 0.0622 e. The van der Waals surface area contributed by atoms with Crippen LogP contribution < -0.4 is 0 Å². The van der Waals surface area contributed by atoms with Gasteiger partial charge in [-0.25, -0.2) is 0 Å². The molecule has 0 N–H and O–H groups in total. The second-order valence-electron chi connectivity index (χ2n) is 6.34. The maximum atomic E-state index is 2.42. The van der Waals surface area contributed by atoms with Crippen LogP contribution in [0.5, 0.6) is 0 Å². The van der Waals surface area contributed by atoms with Crippen LogP contribution in [0.2, 0.25) is 0 Å². The van der Waals surface area contributed by atoms with E-state index in [9.17, 15) is 0 Å². The van der Waals surface area contributed by atoms with Gasteiger partial charge >= 0.3 is 0 Å². The standard InChI is InChI=1S/C16H22/c1-13(2)15-8-10-16(12-15,11-9-15)14-6-4-3-5-7-14/h3-7,13H,8-12H2,1-2H3. The molecule has 0 unspecified atom stereocenters. The monoisotopic (exact) mass is 214 g/mol. The third kappa shape index (κ3) is 1.28. The van der Waals surface area contributed by atoms with Gasteiger partial charge in [0.2, 0.25) is 0 Å². The first-order valence-electron chi connectivity index (χ1n) is 6.73. The molecular weight excluding hydrogens is 192 g/mol. The Kier molecular flexibility index (Phi) is 2.18. The average Bonchev–Trinajstić information content (AvgIpc) is 2.89. The minimum atomic E-state index is 0.547. The Hall–Kier alpha value is -0.780.